The Morgan fingerprint density at radius 1 is 1.62 bits per heavy atom. The molecule has 1 aliphatic carbocycles. The number of ether oxygens (including phenoxy) is 1. The molecule has 2 heterocycles. The first-order chi connectivity index (χ1) is 7.80. The fourth-order valence-corrected chi connectivity index (χ4v) is 3.07. The molecule has 2 aliphatic rings. The topological polar surface area (TPSA) is 51.2 Å². The van der Waals surface area contributed by atoms with Crippen molar-refractivity contribution in [1.29, 1.82) is 0 Å². The zero-order chi connectivity index (χ0) is 11.2. The molecule has 4 heteroatoms. The Kier molecular flexibility index (Phi) is 2.01. The van der Waals surface area contributed by atoms with Crippen LogP contribution in [0, 0.1) is 11.8 Å². The molecular weight excluding hydrogens is 204 g/mol. The Balaban J connectivity index is 1.96. The summed E-state index contributed by atoms with van der Waals surface area (Å²) in [5.41, 5.74) is 0.911. The van der Waals surface area contributed by atoms with Crippen LogP contribution < -0.4 is 5.32 Å². The highest BCUT2D eigenvalue weighted by atomic mass is 16.5. The number of nitrogens with zero attached hydrogens (tertiary/aromatic N) is 1. The summed E-state index contributed by atoms with van der Waals surface area (Å²) in [6, 6.07) is 5.87. The van der Waals surface area contributed by atoms with Crippen molar-refractivity contribution in [2.75, 3.05) is 20.2 Å². The van der Waals surface area contributed by atoms with E-state index >= 15 is 0 Å². The van der Waals surface area contributed by atoms with Gasteiger partial charge in [0.1, 0.15) is 0 Å². The average Bonchev–Trinajstić information content (AvgIpc) is 2.79. The number of esters is 1. The quantitative estimate of drug-likeness (QED) is 0.727. The molecular formula is C12H14N2O2. The van der Waals surface area contributed by atoms with Gasteiger partial charge in [0.25, 0.3) is 0 Å². The smallest absolute Gasteiger partial charge is 0.310 e. The summed E-state index contributed by atoms with van der Waals surface area (Å²) in [6.07, 6.45) is 1.78. The third kappa shape index (κ3) is 1.08. The first-order valence-corrected chi connectivity index (χ1v) is 5.51. The molecule has 84 valence electrons. The van der Waals surface area contributed by atoms with Crippen LogP contribution in [0.25, 0.3) is 0 Å². The highest BCUT2D eigenvalue weighted by Gasteiger charge is 2.72. The van der Waals surface area contributed by atoms with Gasteiger partial charge in [-0.3, -0.25) is 9.78 Å². The third-order valence-electron chi connectivity index (χ3n) is 3.89. The van der Waals surface area contributed by atoms with Gasteiger partial charge in [0, 0.05) is 23.9 Å². The Morgan fingerprint density at radius 2 is 2.50 bits per heavy atom. The molecule has 0 radical (unpaired) electrons. The van der Waals surface area contributed by atoms with Gasteiger partial charge in [-0.2, -0.15) is 0 Å². The lowest BCUT2D eigenvalue weighted by molar-refractivity contribution is -0.143. The van der Waals surface area contributed by atoms with E-state index in [0.29, 0.717) is 5.92 Å². The molecule has 3 rings (SSSR count). The van der Waals surface area contributed by atoms with Crippen LogP contribution in [-0.2, 0) is 14.9 Å². The first-order valence-electron chi connectivity index (χ1n) is 5.51. The van der Waals surface area contributed by atoms with Crippen LogP contribution in [0.3, 0.4) is 0 Å². The predicted molar refractivity (Wildman–Crippen MR) is 57.8 cm³/mol. The van der Waals surface area contributed by atoms with Gasteiger partial charge in [-0.25, -0.2) is 0 Å². The Hall–Kier alpha value is -1.42. The Labute approximate surface area is 94.0 Å². The second-order valence-corrected chi connectivity index (χ2v) is 4.49. The third-order valence-corrected chi connectivity index (χ3v) is 3.89. The Bertz CT molecular complexity index is 420. The van der Waals surface area contributed by atoms with Crippen LogP contribution >= 0.6 is 0 Å². The van der Waals surface area contributed by atoms with E-state index in [2.05, 4.69) is 10.3 Å². The molecule has 2 fully saturated rings. The molecule has 0 aromatic carbocycles. The van der Waals surface area contributed by atoms with Crippen molar-refractivity contribution in [1.82, 2.24) is 10.3 Å². The van der Waals surface area contributed by atoms with Crippen molar-refractivity contribution in [3.05, 3.63) is 30.1 Å². The molecule has 4 nitrogen and oxygen atoms in total. The SMILES string of the molecule is COC(=O)C1C2CNCC21c1ccccn1. The van der Waals surface area contributed by atoms with Crippen molar-refractivity contribution in [3.8, 4) is 0 Å². The average molecular weight is 218 g/mol. The fraction of sp³-hybridized carbons (Fsp3) is 0.500. The van der Waals surface area contributed by atoms with Gasteiger partial charge in [-0.15, -0.1) is 0 Å². The van der Waals surface area contributed by atoms with Crippen molar-refractivity contribution in [2.24, 2.45) is 11.8 Å². The molecule has 1 saturated carbocycles. The lowest BCUT2D eigenvalue weighted by Crippen LogP contribution is -2.27. The summed E-state index contributed by atoms with van der Waals surface area (Å²) in [5.74, 6) is 0.251. The minimum Gasteiger partial charge on any atom is -0.469 e. The van der Waals surface area contributed by atoms with E-state index in [-0.39, 0.29) is 17.3 Å². The van der Waals surface area contributed by atoms with Gasteiger partial charge in [-0.05, 0) is 24.6 Å². The van der Waals surface area contributed by atoms with E-state index in [1.807, 2.05) is 18.2 Å². The summed E-state index contributed by atoms with van der Waals surface area (Å²) < 4.78 is 4.86. The number of methoxy groups -OCH3 is 1. The van der Waals surface area contributed by atoms with Gasteiger partial charge in [-0.1, -0.05) is 6.07 Å². The summed E-state index contributed by atoms with van der Waals surface area (Å²) >= 11 is 0. The number of hydrogen-bond acceptors (Lipinski definition) is 4. The first kappa shape index (κ1) is 9.78. The van der Waals surface area contributed by atoms with Crippen LogP contribution in [0.4, 0.5) is 0 Å². The number of carbonyl (C=O) groups is 1. The van der Waals surface area contributed by atoms with Crippen molar-refractivity contribution in [2.45, 2.75) is 5.41 Å². The molecule has 0 spiro atoms. The van der Waals surface area contributed by atoms with E-state index in [4.69, 9.17) is 4.74 Å². The lowest BCUT2D eigenvalue weighted by Gasteiger charge is -2.13. The number of hydrogen-bond donors (Lipinski definition) is 1. The minimum atomic E-state index is -0.103. The number of carbonyl (C=O) groups excluding carboxylic acids is 1. The normalized spacial score (nSPS) is 35.6. The molecule has 1 aromatic rings. The van der Waals surface area contributed by atoms with Crippen LogP contribution in [0.1, 0.15) is 5.69 Å². The largest absolute Gasteiger partial charge is 0.469 e. The number of rotatable bonds is 2. The highest BCUT2D eigenvalue weighted by Crippen LogP contribution is 2.61. The summed E-state index contributed by atoms with van der Waals surface area (Å²) in [7, 11) is 1.45. The van der Waals surface area contributed by atoms with Gasteiger partial charge in [0.05, 0.1) is 13.0 Å². The maximum atomic E-state index is 11.7. The molecule has 1 aliphatic heterocycles. The zero-order valence-electron chi connectivity index (χ0n) is 9.14. The summed E-state index contributed by atoms with van der Waals surface area (Å²) in [6.45, 7) is 1.71. The van der Waals surface area contributed by atoms with E-state index in [1.54, 1.807) is 6.20 Å². The predicted octanol–water partition coefficient (Wildman–Crippen LogP) is 0.342. The van der Waals surface area contributed by atoms with Gasteiger partial charge >= 0.3 is 5.97 Å². The zero-order valence-corrected chi connectivity index (χ0v) is 9.14. The molecule has 0 bridgehead atoms. The van der Waals surface area contributed by atoms with E-state index < -0.39 is 0 Å². The monoisotopic (exact) mass is 218 g/mol. The second-order valence-electron chi connectivity index (χ2n) is 4.49. The fourth-order valence-electron chi connectivity index (χ4n) is 3.07. The number of piperidine rings is 1. The summed E-state index contributed by atoms with van der Waals surface area (Å²) in [4.78, 5) is 16.1. The van der Waals surface area contributed by atoms with Crippen LogP contribution in [-0.4, -0.2) is 31.2 Å². The van der Waals surface area contributed by atoms with Gasteiger partial charge in [0.2, 0.25) is 0 Å². The number of fused-ring (bicyclic) bond motifs is 1. The molecule has 0 amide bonds. The van der Waals surface area contributed by atoms with Gasteiger partial charge < -0.3 is 10.1 Å². The van der Waals surface area contributed by atoms with Crippen LogP contribution in [0.15, 0.2) is 24.4 Å². The molecule has 16 heavy (non-hydrogen) atoms. The van der Waals surface area contributed by atoms with Crippen molar-refractivity contribution in [3.63, 3.8) is 0 Å². The molecule has 3 unspecified atom stereocenters. The lowest BCUT2D eigenvalue weighted by atomic mass is 9.98. The molecule has 1 saturated heterocycles. The number of pyridine rings is 1. The minimum absolute atomic E-state index is 0.00588. The van der Waals surface area contributed by atoms with Crippen molar-refractivity contribution < 1.29 is 9.53 Å². The second kappa shape index (κ2) is 3.28. The van der Waals surface area contributed by atoms with E-state index in [9.17, 15) is 4.79 Å². The van der Waals surface area contributed by atoms with E-state index in [1.165, 1.54) is 7.11 Å². The van der Waals surface area contributed by atoms with E-state index in [0.717, 1.165) is 18.8 Å². The van der Waals surface area contributed by atoms with Crippen LogP contribution in [0.5, 0.6) is 0 Å². The maximum absolute atomic E-state index is 11.7. The van der Waals surface area contributed by atoms with Crippen LogP contribution in [0.2, 0.25) is 0 Å². The maximum Gasteiger partial charge on any atom is 0.310 e. The number of nitrogens with one attached hydrogen (secondary N) is 1. The molecule has 1 N–H and O–H groups in total. The molecule has 3 atom stereocenters. The highest BCUT2D eigenvalue weighted by molar-refractivity contribution is 5.80. The molecule has 1 aromatic heterocycles. The number of aromatic nitrogens is 1. The standard InChI is InChI=1S/C12H14N2O2/c1-16-11(15)10-8-6-13-7-12(8,10)9-4-2-3-5-14-9/h2-5,8,10,13H,6-7H2,1H3. The summed E-state index contributed by atoms with van der Waals surface area (Å²) in [5, 5.41) is 3.32. The van der Waals surface area contributed by atoms with Gasteiger partial charge in [0.15, 0.2) is 0 Å². The Morgan fingerprint density at radius 3 is 3.19 bits per heavy atom. The van der Waals surface area contributed by atoms with Crippen molar-refractivity contribution >= 4 is 5.97 Å².